The van der Waals surface area contributed by atoms with Crippen LogP contribution in [-0.2, 0) is 19.3 Å². The third-order valence-electron chi connectivity index (χ3n) is 3.52. The van der Waals surface area contributed by atoms with Gasteiger partial charge in [0.05, 0.1) is 26.3 Å². The molecule has 17 heavy (non-hydrogen) atoms. The summed E-state index contributed by atoms with van der Waals surface area (Å²) in [6.45, 7) is 0. The summed E-state index contributed by atoms with van der Waals surface area (Å²) >= 11 is 0. The highest BCUT2D eigenvalue weighted by Crippen LogP contribution is 2.30. The second-order valence-corrected chi connectivity index (χ2v) is 4.40. The van der Waals surface area contributed by atoms with E-state index >= 15 is 0 Å². The Morgan fingerprint density at radius 2 is 1.29 bits per heavy atom. The molecule has 0 spiro atoms. The molecule has 0 unspecified atom stereocenters. The van der Waals surface area contributed by atoms with Crippen LogP contribution in [0, 0.1) is 0 Å². The van der Waals surface area contributed by atoms with Gasteiger partial charge >= 0.3 is 11.8 Å². The molecule has 0 bridgehead atoms. The first kappa shape index (κ1) is 12.3. The molecule has 96 valence electrons. The van der Waals surface area contributed by atoms with Crippen LogP contribution in [0.5, 0.6) is 0 Å². The van der Waals surface area contributed by atoms with Crippen molar-refractivity contribution in [3.8, 4) is 0 Å². The Bertz CT molecular complexity index is 291. The van der Waals surface area contributed by atoms with Gasteiger partial charge < -0.3 is 0 Å². The first-order valence-electron chi connectivity index (χ1n) is 5.95. The van der Waals surface area contributed by atoms with E-state index in [4.69, 9.17) is 9.68 Å². The van der Waals surface area contributed by atoms with Crippen molar-refractivity contribution in [2.24, 2.45) is 0 Å². The topological polar surface area (TPSA) is 59.1 Å². The van der Waals surface area contributed by atoms with Gasteiger partial charge in [-0.1, -0.05) is 19.3 Å². The van der Waals surface area contributed by atoms with Crippen LogP contribution in [0.3, 0.4) is 0 Å². The lowest BCUT2D eigenvalue weighted by atomic mass is 9.99. The molecular formula is C11H18N2O4. The number of carbonyl (C=O) groups excluding carboxylic acids is 2. The van der Waals surface area contributed by atoms with E-state index in [1.54, 1.807) is 0 Å². The fourth-order valence-electron chi connectivity index (χ4n) is 2.74. The molecule has 2 amide bonds. The highest BCUT2D eigenvalue weighted by molar-refractivity contribution is 6.35. The molecule has 0 radical (unpaired) electrons. The average Bonchev–Trinajstić information content (AvgIpc) is 2.57. The van der Waals surface area contributed by atoms with Crippen molar-refractivity contribution < 1.29 is 19.3 Å². The number of hydrogen-bond donors (Lipinski definition) is 0. The van der Waals surface area contributed by atoms with Gasteiger partial charge in [-0.25, -0.2) is 10.1 Å². The zero-order chi connectivity index (χ0) is 12.4. The van der Waals surface area contributed by atoms with Crippen LogP contribution in [-0.4, -0.2) is 48.2 Å². The van der Waals surface area contributed by atoms with E-state index in [-0.39, 0.29) is 12.1 Å². The smallest absolute Gasteiger partial charge is 0.274 e. The second kappa shape index (κ2) is 5.01. The van der Waals surface area contributed by atoms with E-state index in [2.05, 4.69) is 0 Å². The summed E-state index contributed by atoms with van der Waals surface area (Å²) in [5.74, 6) is -1.28. The predicted octanol–water partition coefficient (Wildman–Crippen LogP) is 0.481. The first-order chi connectivity index (χ1) is 8.20. The minimum Gasteiger partial charge on any atom is -0.274 e. The van der Waals surface area contributed by atoms with E-state index in [1.807, 2.05) is 0 Å². The quantitative estimate of drug-likeness (QED) is 0.661. The molecule has 0 aromatic heterocycles. The average molecular weight is 242 g/mol. The van der Waals surface area contributed by atoms with Crippen molar-refractivity contribution in [3.05, 3.63) is 0 Å². The lowest BCUT2D eigenvalue weighted by molar-refractivity contribution is -0.248. The third kappa shape index (κ3) is 2.02. The zero-order valence-electron chi connectivity index (χ0n) is 10.2. The Morgan fingerprint density at radius 3 is 1.65 bits per heavy atom. The van der Waals surface area contributed by atoms with E-state index in [9.17, 15) is 9.59 Å². The maximum atomic E-state index is 11.8. The van der Waals surface area contributed by atoms with E-state index in [0.29, 0.717) is 0 Å². The molecule has 6 heteroatoms. The van der Waals surface area contributed by atoms with E-state index in [1.165, 1.54) is 24.3 Å². The standard InChI is InChI=1S/C11H18N2O4/c1-16-12-8-6-4-3-5-7-9(8)13(17-2)11(15)10(12)14/h8-9H,3-7H2,1-2H3/t8-,9-/m0/s1. The first-order valence-corrected chi connectivity index (χ1v) is 5.95. The predicted molar refractivity (Wildman–Crippen MR) is 58.4 cm³/mol. The molecule has 1 heterocycles. The molecule has 2 rings (SSSR count). The van der Waals surface area contributed by atoms with Crippen LogP contribution in [0.1, 0.15) is 32.1 Å². The number of nitrogens with zero attached hydrogens (tertiary/aromatic N) is 2. The number of amides is 2. The van der Waals surface area contributed by atoms with Crippen molar-refractivity contribution in [1.82, 2.24) is 10.1 Å². The minimum absolute atomic E-state index is 0.0901. The van der Waals surface area contributed by atoms with Crippen LogP contribution < -0.4 is 0 Å². The van der Waals surface area contributed by atoms with Crippen molar-refractivity contribution in [2.45, 2.75) is 44.2 Å². The molecule has 1 saturated heterocycles. The van der Waals surface area contributed by atoms with Crippen LogP contribution in [0.25, 0.3) is 0 Å². The molecule has 0 aromatic rings. The molecule has 2 fully saturated rings. The highest BCUT2D eigenvalue weighted by atomic mass is 16.7. The number of rotatable bonds is 2. The Morgan fingerprint density at radius 1 is 0.882 bits per heavy atom. The Kier molecular flexibility index (Phi) is 3.63. The zero-order valence-corrected chi connectivity index (χ0v) is 10.2. The van der Waals surface area contributed by atoms with Crippen LogP contribution in [0.2, 0.25) is 0 Å². The van der Waals surface area contributed by atoms with E-state index < -0.39 is 11.8 Å². The van der Waals surface area contributed by atoms with Crippen molar-refractivity contribution in [3.63, 3.8) is 0 Å². The summed E-state index contributed by atoms with van der Waals surface area (Å²) in [7, 11) is 2.85. The fourth-order valence-corrected chi connectivity index (χ4v) is 2.74. The van der Waals surface area contributed by atoms with Crippen LogP contribution in [0.4, 0.5) is 0 Å². The van der Waals surface area contributed by atoms with Crippen molar-refractivity contribution >= 4 is 11.8 Å². The number of hydrogen-bond acceptors (Lipinski definition) is 4. The Labute approximate surface area is 100 Å². The summed E-state index contributed by atoms with van der Waals surface area (Å²) in [4.78, 5) is 33.8. The molecule has 6 nitrogen and oxygen atoms in total. The molecule has 1 aliphatic heterocycles. The third-order valence-corrected chi connectivity index (χ3v) is 3.52. The lowest BCUT2D eigenvalue weighted by Crippen LogP contribution is -2.63. The number of fused-ring (bicyclic) bond motifs is 1. The highest BCUT2D eigenvalue weighted by Gasteiger charge is 2.47. The van der Waals surface area contributed by atoms with Gasteiger partial charge in [-0.05, 0) is 12.8 Å². The summed E-state index contributed by atoms with van der Waals surface area (Å²) < 4.78 is 0. The largest absolute Gasteiger partial charge is 0.338 e. The summed E-state index contributed by atoms with van der Waals surface area (Å²) in [5, 5.41) is 2.43. The van der Waals surface area contributed by atoms with Gasteiger partial charge in [-0.3, -0.25) is 19.3 Å². The van der Waals surface area contributed by atoms with Gasteiger partial charge in [-0.2, -0.15) is 0 Å². The molecule has 0 aromatic carbocycles. The SMILES string of the molecule is CON1C(=O)C(=O)N(OC)[C@H]2CCCCC[C@@H]21. The number of piperazine rings is 1. The molecular weight excluding hydrogens is 224 g/mol. The monoisotopic (exact) mass is 242 g/mol. The van der Waals surface area contributed by atoms with E-state index in [0.717, 1.165) is 32.1 Å². The molecule has 0 N–H and O–H groups in total. The summed E-state index contributed by atoms with van der Waals surface area (Å²) in [6, 6.07) is -0.180. The van der Waals surface area contributed by atoms with Crippen molar-refractivity contribution in [2.75, 3.05) is 14.2 Å². The lowest BCUT2D eigenvalue weighted by Gasteiger charge is -2.43. The Balaban J connectivity index is 2.29. The number of carbonyl (C=O) groups is 2. The molecule has 1 aliphatic carbocycles. The number of hydroxylamine groups is 4. The Hall–Kier alpha value is -1.14. The normalized spacial score (nSPS) is 30.2. The molecule has 1 saturated carbocycles. The molecule has 2 atom stereocenters. The maximum absolute atomic E-state index is 11.8. The van der Waals surface area contributed by atoms with Gasteiger partial charge in [0.1, 0.15) is 0 Å². The minimum atomic E-state index is -0.641. The summed E-state index contributed by atoms with van der Waals surface area (Å²) in [6.07, 6.45) is 4.89. The van der Waals surface area contributed by atoms with Gasteiger partial charge in [-0.15, -0.1) is 0 Å². The summed E-state index contributed by atoms with van der Waals surface area (Å²) in [5.41, 5.74) is 0. The molecule has 2 aliphatic rings. The van der Waals surface area contributed by atoms with Gasteiger partial charge in [0.15, 0.2) is 0 Å². The van der Waals surface area contributed by atoms with Crippen LogP contribution >= 0.6 is 0 Å². The maximum Gasteiger partial charge on any atom is 0.338 e. The van der Waals surface area contributed by atoms with Gasteiger partial charge in [0, 0.05) is 0 Å². The fraction of sp³-hybridized carbons (Fsp3) is 0.818. The second-order valence-electron chi connectivity index (χ2n) is 4.40. The van der Waals surface area contributed by atoms with Crippen molar-refractivity contribution in [1.29, 1.82) is 0 Å². The van der Waals surface area contributed by atoms with Gasteiger partial charge in [0.2, 0.25) is 0 Å². The van der Waals surface area contributed by atoms with Gasteiger partial charge in [0.25, 0.3) is 0 Å². The van der Waals surface area contributed by atoms with Crippen LogP contribution in [0.15, 0.2) is 0 Å².